The van der Waals surface area contributed by atoms with Crippen LogP contribution >= 0.6 is 0 Å². The van der Waals surface area contributed by atoms with Crippen LogP contribution in [0.15, 0.2) is 133 Å². The Morgan fingerprint density at radius 2 is 1.05 bits per heavy atom. The van der Waals surface area contributed by atoms with E-state index < -0.39 is 0 Å². The van der Waals surface area contributed by atoms with Gasteiger partial charge in [-0.3, -0.25) is 0 Å². The van der Waals surface area contributed by atoms with Crippen LogP contribution in [-0.4, -0.2) is 0 Å². The standard InChI is InChI=1S/C41H28/c1-41(2)37-13-6-5-10-31(37)36-24-28(19-23-38(36)41)25-14-16-27(17-15-25)29-21-22-35-39-30-9-4-3-8-26(30)18-20-34(39)33-12-7-11-32(29)40(33)35/h3-24H,1-2H3. The van der Waals surface area contributed by atoms with Crippen LogP contribution < -0.4 is 0 Å². The smallest absolute Gasteiger partial charge is 0.0158 e. The summed E-state index contributed by atoms with van der Waals surface area (Å²) in [6.07, 6.45) is 0. The van der Waals surface area contributed by atoms with E-state index in [1.54, 1.807) is 0 Å². The molecular formula is C41H28. The Kier molecular flexibility index (Phi) is 4.49. The normalized spacial score (nSPS) is 13.8. The van der Waals surface area contributed by atoms with Crippen molar-refractivity contribution in [2.45, 2.75) is 19.3 Å². The first-order valence-electron chi connectivity index (χ1n) is 14.5. The van der Waals surface area contributed by atoms with E-state index in [0.29, 0.717) is 0 Å². The first-order chi connectivity index (χ1) is 20.1. The van der Waals surface area contributed by atoms with E-state index in [1.165, 1.54) is 88.3 Å². The highest BCUT2D eigenvalue weighted by atomic mass is 14.4. The van der Waals surface area contributed by atoms with Gasteiger partial charge in [0.2, 0.25) is 0 Å². The van der Waals surface area contributed by atoms with Crippen LogP contribution in [0.4, 0.5) is 0 Å². The van der Waals surface area contributed by atoms with Gasteiger partial charge in [0.25, 0.3) is 0 Å². The Morgan fingerprint density at radius 3 is 1.95 bits per heavy atom. The van der Waals surface area contributed by atoms with E-state index in [1.807, 2.05) is 0 Å². The molecule has 9 rings (SSSR count). The summed E-state index contributed by atoms with van der Waals surface area (Å²) in [5.41, 5.74) is 16.1. The molecule has 2 aliphatic carbocycles. The number of hydrogen-bond donors (Lipinski definition) is 0. The summed E-state index contributed by atoms with van der Waals surface area (Å²) in [4.78, 5) is 0. The van der Waals surface area contributed by atoms with Crippen LogP contribution in [0.25, 0.3) is 77.2 Å². The van der Waals surface area contributed by atoms with Gasteiger partial charge in [-0.2, -0.15) is 0 Å². The largest absolute Gasteiger partial charge is 0.0619 e. The molecular weight excluding hydrogens is 492 g/mol. The molecule has 41 heavy (non-hydrogen) atoms. The molecule has 0 spiro atoms. The minimum atomic E-state index is 0.0377. The third kappa shape index (κ3) is 3.05. The van der Waals surface area contributed by atoms with E-state index >= 15 is 0 Å². The van der Waals surface area contributed by atoms with Gasteiger partial charge in [-0.15, -0.1) is 0 Å². The van der Waals surface area contributed by atoms with Crippen LogP contribution in [0.5, 0.6) is 0 Å². The summed E-state index contributed by atoms with van der Waals surface area (Å²) in [5.74, 6) is 0. The molecule has 7 aromatic rings. The summed E-state index contributed by atoms with van der Waals surface area (Å²) in [6.45, 7) is 4.68. The van der Waals surface area contributed by atoms with E-state index in [-0.39, 0.29) is 5.41 Å². The molecule has 7 aromatic carbocycles. The van der Waals surface area contributed by atoms with Gasteiger partial charge >= 0.3 is 0 Å². The zero-order chi connectivity index (χ0) is 27.3. The van der Waals surface area contributed by atoms with Crippen LogP contribution in [0.3, 0.4) is 0 Å². The van der Waals surface area contributed by atoms with Crippen molar-refractivity contribution in [3.8, 4) is 55.6 Å². The Labute approximate surface area is 240 Å². The molecule has 0 unspecified atom stereocenters. The van der Waals surface area contributed by atoms with Gasteiger partial charge in [-0.1, -0.05) is 141 Å². The zero-order valence-corrected chi connectivity index (χ0v) is 23.2. The first-order valence-corrected chi connectivity index (χ1v) is 14.5. The molecule has 0 atom stereocenters. The lowest BCUT2D eigenvalue weighted by molar-refractivity contribution is 0.660. The van der Waals surface area contributed by atoms with Gasteiger partial charge in [0.15, 0.2) is 0 Å². The molecule has 0 amide bonds. The van der Waals surface area contributed by atoms with Gasteiger partial charge in [0.05, 0.1) is 0 Å². The van der Waals surface area contributed by atoms with Crippen LogP contribution in [-0.2, 0) is 5.41 Å². The number of hydrogen-bond acceptors (Lipinski definition) is 0. The van der Waals surface area contributed by atoms with Gasteiger partial charge in [-0.25, -0.2) is 0 Å². The maximum absolute atomic E-state index is 2.39. The lowest BCUT2D eigenvalue weighted by Crippen LogP contribution is -2.14. The molecule has 0 bridgehead atoms. The summed E-state index contributed by atoms with van der Waals surface area (Å²) in [7, 11) is 0. The van der Waals surface area contributed by atoms with E-state index in [0.717, 1.165) is 0 Å². The van der Waals surface area contributed by atoms with E-state index in [4.69, 9.17) is 0 Å². The van der Waals surface area contributed by atoms with Crippen molar-refractivity contribution >= 4 is 21.5 Å². The third-order valence-electron chi connectivity index (χ3n) is 9.64. The summed E-state index contributed by atoms with van der Waals surface area (Å²) >= 11 is 0. The van der Waals surface area contributed by atoms with Gasteiger partial charge in [0, 0.05) is 5.41 Å². The first kappa shape index (κ1) is 22.8. The summed E-state index contributed by atoms with van der Waals surface area (Å²) in [6, 6.07) is 49.8. The average Bonchev–Trinajstić information content (AvgIpc) is 3.47. The van der Waals surface area contributed by atoms with Crippen molar-refractivity contribution in [3.63, 3.8) is 0 Å². The average molecular weight is 521 g/mol. The molecule has 0 fully saturated rings. The monoisotopic (exact) mass is 520 g/mol. The predicted octanol–water partition coefficient (Wildman–Crippen LogP) is 11.3. The highest BCUT2D eigenvalue weighted by Crippen LogP contribution is 2.52. The van der Waals surface area contributed by atoms with Gasteiger partial charge < -0.3 is 0 Å². The molecule has 0 aromatic heterocycles. The lowest BCUT2D eigenvalue weighted by Gasteiger charge is -2.21. The second-order valence-corrected chi connectivity index (χ2v) is 12.1. The lowest BCUT2D eigenvalue weighted by atomic mass is 9.82. The Morgan fingerprint density at radius 1 is 0.390 bits per heavy atom. The Balaban J connectivity index is 1.15. The molecule has 0 radical (unpaired) electrons. The Hall–Kier alpha value is -4.94. The summed E-state index contributed by atoms with van der Waals surface area (Å²) < 4.78 is 0. The molecule has 192 valence electrons. The van der Waals surface area contributed by atoms with Gasteiger partial charge in [0.1, 0.15) is 0 Å². The third-order valence-corrected chi connectivity index (χ3v) is 9.64. The number of benzene rings is 7. The van der Waals surface area contributed by atoms with Crippen molar-refractivity contribution < 1.29 is 0 Å². The fraction of sp³-hybridized carbons (Fsp3) is 0.0732. The molecule has 0 N–H and O–H groups in total. The van der Waals surface area contributed by atoms with Gasteiger partial charge in [-0.05, 0) is 94.4 Å². The topological polar surface area (TPSA) is 0 Å². The quantitative estimate of drug-likeness (QED) is 0.213. The number of fused-ring (bicyclic) bond motifs is 8. The molecule has 0 heterocycles. The molecule has 0 aliphatic heterocycles. The maximum atomic E-state index is 2.39. The molecule has 0 nitrogen and oxygen atoms in total. The van der Waals surface area contributed by atoms with Crippen LogP contribution in [0.2, 0.25) is 0 Å². The fourth-order valence-corrected chi connectivity index (χ4v) is 7.62. The molecule has 2 aliphatic rings. The van der Waals surface area contributed by atoms with Crippen LogP contribution in [0, 0.1) is 0 Å². The molecule has 0 heteroatoms. The van der Waals surface area contributed by atoms with E-state index in [2.05, 4.69) is 147 Å². The second kappa shape index (κ2) is 8.05. The van der Waals surface area contributed by atoms with Crippen molar-refractivity contribution in [2.24, 2.45) is 0 Å². The zero-order valence-electron chi connectivity index (χ0n) is 23.2. The summed E-state index contributed by atoms with van der Waals surface area (Å²) in [5, 5.41) is 5.33. The maximum Gasteiger partial charge on any atom is 0.0158 e. The molecule has 0 saturated carbocycles. The van der Waals surface area contributed by atoms with E-state index in [9.17, 15) is 0 Å². The highest BCUT2D eigenvalue weighted by Gasteiger charge is 2.35. The second-order valence-electron chi connectivity index (χ2n) is 12.1. The van der Waals surface area contributed by atoms with Crippen LogP contribution in [0.1, 0.15) is 25.0 Å². The Bertz CT molecular complexity index is 2210. The minimum Gasteiger partial charge on any atom is -0.0619 e. The SMILES string of the molecule is CC1(C)c2ccccc2-c2cc(-c3ccc(-c4ccc5c6c(cccc46)-c4ccc6ccccc6c4-5)cc3)ccc21. The minimum absolute atomic E-state index is 0.0377. The van der Waals surface area contributed by atoms with Crippen molar-refractivity contribution in [2.75, 3.05) is 0 Å². The highest BCUT2D eigenvalue weighted by molar-refractivity contribution is 6.23. The van der Waals surface area contributed by atoms with Crippen molar-refractivity contribution in [1.82, 2.24) is 0 Å². The fourth-order valence-electron chi connectivity index (χ4n) is 7.62. The number of rotatable bonds is 2. The predicted molar refractivity (Wildman–Crippen MR) is 174 cm³/mol. The molecule has 0 saturated heterocycles. The van der Waals surface area contributed by atoms with Crippen molar-refractivity contribution in [1.29, 1.82) is 0 Å². The van der Waals surface area contributed by atoms with Crippen molar-refractivity contribution in [3.05, 3.63) is 145 Å².